The number of Topliss-reactive ketones (excluding diaryl/α,β-unsaturated/α-hetero) is 1. The summed E-state index contributed by atoms with van der Waals surface area (Å²) in [7, 11) is 1.93. The number of carbonyl (C=O) groups excluding carboxylic acids is 2. The molecule has 0 heterocycles. The van der Waals surface area contributed by atoms with Gasteiger partial charge in [0.25, 0.3) is 0 Å². The highest BCUT2D eigenvalue weighted by Crippen LogP contribution is 2.30. The number of nitrogens with zero attached hydrogens (tertiary/aromatic N) is 2. The van der Waals surface area contributed by atoms with Gasteiger partial charge in [0.1, 0.15) is 24.2 Å². The fraction of sp³-hybridized carbons (Fsp3) is 0.172. The van der Waals surface area contributed by atoms with E-state index in [1.54, 1.807) is 30.3 Å². The fourth-order valence-corrected chi connectivity index (χ4v) is 4.12. The highest BCUT2D eigenvalue weighted by atomic mass is 32.1. The number of nitriles is 1. The molecule has 37 heavy (non-hydrogen) atoms. The van der Waals surface area contributed by atoms with Crippen molar-refractivity contribution in [3.05, 3.63) is 100 Å². The summed E-state index contributed by atoms with van der Waals surface area (Å²) in [5.74, 6) is -1.18. The molecule has 3 aromatic rings. The topological polar surface area (TPSA) is 97.1 Å². The third-order valence-electron chi connectivity index (χ3n) is 5.86. The minimum absolute atomic E-state index is 0.0509. The molecule has 0 aromatic heterocycles. The number of nitrogens with one attached hydrogen (secondary N) is 2. The highest BCUT2D eigenvalue weighted by Gasteiger charge is 2.26. The van der Waals surface area contributed by atoms with Crippen LogP contribution >= 0.6 is 12.6 Å². The van der Waals surface area contributed by atoms with Gasteiger partial charge < -0.3 is 20.4 Å². The number of aldehydes is 1. The van der Waals surface area contributed by atoms with Crippen LogP contribution in [-0.2, 0) is 9.59 Å². The van der Waals surface area contributed by atoms with E-state index < -0.39 is 17.6 Å². The maximum Gasteiger partial charge on any atom is 0.196 e. The Morgan fingerprint density at radius 1 is 1.16 bits per heavy atom. The van der Waals surface area contributed by atoms with Crippen LogP contribution in [0.15, 0.2) is 77.7 Å². The van der Waals surface area contributed by atoms with Gasteiger partial charge in [0.05, 0.1) is 10.5 Å². The summed E-state index contributed by atoms with van der Waals surface area (Å²) in [6.45, 7) is 0.719. The van der Waals surface area contributed by atoms with Gasteiger partial charge in [-0.15, -0.1) is 12.6 Å². The Kier molecular flexibility index (Phi) is 9.76. The molecule has 188 valence electrons. The molecule has 1 unspecified atom stereocenters. The van der Waals surface area contributed by atoms with Crippen LogP contribution in [0, 0.1) is 22.6 Å². The average Bonchev–Trinajstić information content (AvgIpc) is 2.92. The SMILES string of the molecule is CN(CCCC=O)c1ccc(NC(C(=O)/C(S)=C(/C=N)c2ccccc2)c2ccc(C#N)c(F)c2)cc1. The zero-order valence-corrected chi connectivity index (χ0v) is 21.2. The molecule has 0 amide bonds. The third kappa shape index (κ3) is 6.93. The van der Waals surface area contributed by atoms with E-state index in [1.807, 2.05) is 42.3 Å². The molecule has 1 atom stereocenters. The summed E-state index contributed by atoms with van der Waals surface area (Å²) >= 11 is 4.48. The predicted octanol–water partition coefficient (Wildman–Crippen LogP) is 5.83. The average molecular weight is 515 g/mol. The fourth-order valence-electron chi connectivity index (χ4n) is 3.80. The van der Waals surface area contributed by atoms with E-state index in [9.17, 15) is 14.0 Å². The Morgan fingerprint density at radius 3 is 2.46 bits per heavy atom. The van der Waals surface area contributed by atoms with Crippen LogP contribution in [0.5, 0.6) is 0 Å². The molecular formula is C29H27FN4O2S. The molecule has 0 bridgehead atoms. The van der Waals surface area contributed by atoms with Crippen molar-refractivity contribution in [2.45, 2.75) is 18.9 Å². The minimum Gasteiger partial charge on any atom is -0.375 e. The van der Waals surface area contributed by atoms with Crippen molar-refractivity contribution < 1.29 is 14.0 Å². The second kappa shape index (κ2) is 13.2. The quantitative estimate of drug-likeness (QED) is 0.0930. The maximum atomic E-state index is 14.5. The summed E-state index contributed by atoms with van der Waals surface area (Å²) in [4.78, 5) is 26.3. The predicted molar refractivity (Wildman–Crippen MR) is 149 cm³/mol. The second-order valence-corrected chi connectivity index (χ2v) is 8.79. The van der Waals surface area contributed by atoms with Crippen molar-refractivity contribution >= 4 is 47.9 Å². The van der Waals surface area contributed by atoms with Gasteiger partial charge in [0.15, 0.2) is 5.78 Å². The van der Waals surface area contributed by atoms with Gasteiger partial charge in [0.2, 0.25) is 0 Å². The Morgan fingerprint density at radius 2 is 1.86 bits per heavy atom. The summed E-state index contributed by atoms with van der Waals surface area (Å²) in [6.07, 6.45) is 3.21. The van der Waals surface area contributed by atoms with Gasteiger partial charge in [-0.1, -0.05) is 36.4 Å². The van der Waals surface area contributed by atoms with Crippen molar-refractivity contribution in [2.24, 2.45) is 0 Å². The monoisotopic (exact) mass is 514 g/mol. The van der Waals surface area contributed by atoms with Gasteiger partial charge in [-0.2, -0.15) is 5.26 Å². The number of hydrogen-bond donors (Lipinski definition) is 3. The molecular weight excluding hydrogens is 487 g/mol. The number of halogens is 1. The summed E-state index contributed by atoms with van der Waals surface area (Å²) in [5.41, 5.74) is 2.74. The van der Waals surface area contributed by atoms with Gasteiger partial charge in [-0.3, -0.25) is 4.79 Å². The first-order valence-corrected chi connectivity index (χ1v) is 12.1. The number of ketones is 1. The minimum atomic E-state index is -1.02. The molecule has 3 rings (SSSR count). The van der Waals surface area contributed by atoms with E-state index in [4.69, 9.17) is 10.7 Å². The number of thiol groups is 1. The summed E-state index contributed by atoms with van der Waals surface area (Å²) in [6, 6.07) is 21.2. The van der Waals surface area contributed by atoms with E-state index in [0.717, 1.165) is 37.2 Å². The van der Waals surface area contributed by atoms with Gasteiger partial charge in [0, 0.05) is 43.2 Å². The third-order valence-corrected chi connectivity index (χ3v) is 6.32. The van der Waals surface area contributed by atoms with E-state index in [-0.39, 0.29) is 10.5 Å². The van der Waals surface area contributed by atoms with Gasteiger partial charge in [-0.05, 0) is 53.9 Å². The summed E-state index contributed by atoms with van der Waals surface area (Å²) < 4.78 is 14.5. The number of rotatable bonds is 12. The molecule has 0 saturated heterocycles. The van der Waals surface area contributed by atoms with Crippen molar-refractivity contribution in [3.63, 3.8) is 0 Å². The molecule has 0 saturated carbocycles. The molecule has 0 fully saturated rings. The molecule has 0 radical (unpaired) electrons. The Labute approximate surface area is 221 Å². The summed E-state index contributed by atoms with van der Waals surface area (Å²) in [5, 5.41) is 20.2. The van der Waals surface area contributed by atoms with Crippen molar-refractivity contribution in [1.82, 2.24) is 0 Å². The number of benzene rings is 3. The molecule has 0 aliphatic carbocycles. The maximum absolute atomic E-state index is 14.5. The van der Waals surface area contributed by atoms with Crippen LogP contribution in [-0.4, -0.2) is 31.9 Å². The van der Waals surface area contributed by atoms with E-state index in [2.05, 4.69) is 17.9 Å². The van der Waals surface area contributed by atoms with Crippen LogP contribution in [0.1, 0.15) is 35.6 Å². The number of unbranched alkanes of at least 4 members (excludes halogenated alkanes) is 1. The van der Waals surface area contributed by atoms with Crippen LogP contribution < -0.4 is 10.2 Å². The smallest absolute Gasteiger partial charge is 0.196 e. The number of allylic oxidation sites excluding steroid dienone is 1. The molecule has 3 aromatic carbocycles. The molecule has 8 heteroatoms. The van der Waals surface area contributed by atoms with Crippen molar-refractivity contribution in [2.75, 3.05) is 23.8 Å². The zero-order valence-electron chi connectivity index (χ0n) is 20.3. The van der Waals surface area contributed by atoms with Crippen LogP contribution in [0.4, 0.5) is 15.8 Å². The van der Waals surface area contributed by atoms with E-state index in [0.29, 0.717) is 28.8 Å². The first kappa shape index (κ1) is 27.4. The van der Waals surface area contributed by atoms with E-state index >= 15 is 0 Å². The van der Waals surface area contributed by atoms with Crippen molar-refractivity contribution in [1.29, 1.82) is 10.7 Å². The molecule has 2 N–H and O–H groups in total. The van der Waals surface area contributed by atoms with Crippen LogP contribution in [0.25, 0.3) is 5.57 Å². The first-order valence-electron chi connectivity index (χ1n) is 11.6. The van der Waals surface area contributed by atoms with Crippen molar-refractivity contribution in [3.8, 4) is 6.07 Å². The normalized spacial score (nSPS) is 12.1. The zero-order chi connectivity index (χ0) is 26.8. The van der Waals surface area contributed by atoms with Gasteiger partial charge >= 0.3 is 0 Å². The van der Waals surface area contributed by atoms with E-state index in [1.165, 1.54) is 12.1 Å². The lowest BCUT2D eigenvalue weighted by atomic mass is 9.97. The lowest BCUT2D eigenvalue weighted by Gasteiger charge is -2.22. The number of anilines is 2. The lowest BCUT2D eigenvalue weighted by Crippen LogP contribution is -2.23. The molecule has 6 nitrogen and oxygen atoms in total. The molecule has 0 aliphatic heterocycles. The van der Waals surface area contributed by atoms with Crippen LogP contribution in [0.3, 0.4) is 0 Å². The van der Waals surface area contributed by atoms with Crippen LogP contribution in [0.2, 0.25) is 0 Å². The number of hydrogen-bond acceptors (Lipinski definition) is 7. The highest BCUT2D eigenvalue weighted by molar-refractivity contribution is 7.86. The molecule has 0 aliphatic rings. The Balaban J connectivity index is 1.96. The lowest BCUT2D eigenvalue weighted by molar-refractivity contribution is -0.115. The largest absolute Gasteiger partial charge is 0.375 e. The first-order chi connectivity index (χ1) is 17.9. The molecule has 0 spiro atoms. The standard InChI is InChI=1S/C29H27FN4O2S/c1-34(15-5-6-16-35)24-13-11-23(12-14-24)33-27(21-9-10-22(18-31)26(30)17-21)28(36)29(37)25(19-32)20-7-3-2-4-8-20/h2-4,7-14,16-17,19,27,32-33,37H,5-6,15H2,1H3/b29-25+,32-19?. The second-order valence-electron chi connectivity index (χ2n) is 8.34. The Bertz CT molecular complexity index is 1330. The number of carbonyl (C=O) groups is 2. The Hall–Kier alpha value is -4.22. The van der Waals surface area contributed by atoms with Gasteiger partial charge in [-0.25, -0.2) is 4.39 Å².